The third-order valence-electron chi connectivity index (χ3n) is 5.25. The Labute approximate surface area is 164 Å². The standard InChI is InChI=1S/C20H24N6O2/c1-15-13-17(23-20(22-15)16-3-2-6-21-14-16)25-10-7-24(8-11-25)9-12-26-18(27)4-5-19(26)28/h2-3,6,13-14H,4-5,7-12H2,1H3. The Kier molecular flexibility index (Phi) is 5.29. The molecule has 0 bridgehead atoms. The van der Waals surface area contributed by atoms with Gasteiger partial charge in [-0.25, -0.2) is 9.97 Å². The van der Waals surface area contributed by atoms with Crippen LogP contribution in [0, 0.1) is 6.92 Å². The molecule has 0 saturated carbocycles. The highest BCUT2D eigenvalue weighted by molar-refractivity contribution is 6.01. The van der Waals surface area contributed by atoms with E-state index in [0.717, 1.165) is 49.8 Å². The van der Waals surface area contributed by atoms with Gasteiger partial charge in [0, 0.05) is 81.8 Å². The van der Waals surface area contributed by atoms with Gasteiger partial charge in [0.15, 0.2) is 5.82 Å². The van der Waals surface area contributed by atoms with E-state index in [4.69, 9.17) is 4.98 Å². The van der Waals surface area contributed by atoms with Crippen LogP contribution >= 0.6 is 0 Å². The first-order chi connectivity index (χ1) is 13.6. The fourth-order valence-electron chi connectivity index (χ4n) is 3.65. The molecule has 2 aromatic rings. The van der Waals surface area contributed by atoms with Crippen LogP contribution in [0.15, 0.2) is 30.6 Å². The Morgan fingerprint density at radius 2 is 1.75 bits per heavy atom. The number of carbonyl (C=O) groups is 2. The lowest BCUT2D eigenvalue weighted by atomic mass is 10.2. The smallest absolute Gasteiger partial charge is 0.229 e. The van der Waals surface area contributed by atoms with Crippen LogP contribution in [0.4, 0.5) is 5.82 Å². The number of nitrogens with zero attached hydrogens (tertiary/aromatic N) is 6. The number of piperazine rings is 1. The van der Waals surface area contributed by atoms with Gasteiger partial charge in [-0.15, -0.1) is 0 Å². The van der Waals surface area contributed by atoms with Gasteiger partial charge in [0.2, 0.25) is 11.8 Å². The summed E-state index contributed by atoms with van der Waals surface area (Å²) in [4.78, 5) is 42.9. The lowest BCUT2D eigenvalue weighted by Crippen LogP contribution is -2.49. The van der Waals surface area contributed by atoms with Crippen molar-refractivity contribution in [1.82, 2.24) is 24.8 Å². The normalized spacial score (nSPS) is 18.2. The van der Waals surface area contributed by atoms with E-state index in [2.05, 4.69) is 19.8 Å². The highest BCUT2D eigenvalue weighted by Gasteiger charge is 2.29. The summed E-state index contributed by atoms with van der Waals surface area (Å²) < 4.78 is 0. The van der Waals surface area contributed by atoms with Gasteiger partial charge in [-0.1, -0.05) is 0 Å². The molecule has 146 valence electrons. The number of anilines is 1. The van der Waals surface area contributed by atoms with Crippen LogP contribution in [0.1, 0.15) is 18.5 Å². The molecule has 4 rings (SSSR count). The van der Waals surface area contributed by atoms with Gasteiger partial charge in [0.05, 0.1) is 0 Å². The van der Waals surface area contributed by atoms with E-state index in [1.54, 1.807) is 12.4 Å². The van der Waals surface area contributed by atoms with Crippen molar-refractivity contribution in [3.8, 4) is 11.4 Å². The van der Waals surface area contributed by atoms with Crippen LogP contribution in [-0.2, 0) is 9.59 Å². The summed E-state index contributed by atoms with van der Waals surface area (Å²) in [6.45, 7) is 6.66. The number of pyridine rings is 1. The molecular weight excluding hydrogens is 356 g/mol. The average Bonchev–Trinajstić information content (AvgIpc) is 3.04. The van der Waals surface area contributed by atoms with Crippen molar-refractivity contribution in [2.24, 2.45) is 0 Å². The molecule has 28 heavy (non-hydrogen) atoms. The molecular formula is C20H24N6O2. The molecule has 0 unspecified atom stereocenters. The SMILES string of the molecule is Cc1cc(N2CCN(CCN3C(=O)CCC3=O)CC2)nc(-c2cccnc2)n1. The Hall–Kier alpha value is -2.87. The van der Waals surface area contributed by atoms with Crippen LogP contribution in [0.3, 0.4) is 0 Å². The molecule has 8 heteroatoms. The van der Waals surface area contributed by atoms with E-state index in [1.807, 2.05) is 25.1 Å². The lowest BCUT2D eigenvalue weighted by Gasteiger charge is -2.36. The molecule has 4 heterocycles. The van der Waals surface area contributed by atoms with E-state index in [0.29, 0.717) is 25.2 Å². The van der Waals surface area contributed by atoms with E-state index in [-0.39, 0.29) is 11.8 Å². The number of hydrogen-bond acceptors (Lipinski definition) is 7. The maximum atomic E-state index is 11.7. The summed E-state index contributed by atoms with van der Waals surface area (Å²) in [5.74, 6) is 1.54. The van der Waals surface area contributed by atoms with Crippen molar-refractivity contribution in [3.63, 3.8) is 0 Å². The van der Waals surface area contributed by atoms with Crippen molar-refractivity contribution in [2.45, 2.75) is 19.8 Å². The summed E-state index contributed by atoms with van der Waals surface area (Å²) in [7, 11) is 0. The Balaban J connectivity index is 1.37. The van der Waals surface area contributed by atoms with Crippen LogP contribution in [0.5, 0.6) is 0 Å². The van der Waals surface area contributed by atoms with Crippen molar-refractivity contribution >= 4 is 17.6 Å². The molecule has 0 aliphatic carbocycles. The average molecular weight is 380 g/mol. The number of aryl methyl sites for hydroxylation is 1. The van der Waals surface area contributed by atoms with E-state index >= 15 is 0 Å². The molecule has 2 aliphatic rings. The maximum Gasteiger partial charge on any atom is 0.229 e. The topological polar surface area (TPSA) is 82.5 Å². The second kappa shape index (κ2) is 8.02. The minimum Gasteiger partial charge on any atom is -0.354 e. The molecule has 0 atom stereocenters. The molecule has 2 aliphatic heterocycles. The molecule has 0 radical (unpaired) electrons. The van der Waals surface area contributed by atoms with Gasteiger partial charge in [-0.2, -0.15) is 0 Å². The third kappa shape index (κ3) is 4.01. The van der Waals surface area contributed by atoms with Gasteiger partial charge < -0.3 is 4.90 Å². The summed E-state index contributed by atoms with van der Waals surface area (Å²) in [5, 5.41) is 0. The van der Waals surface area contributed by atoms with E-state index in [9.17, 15) is 9.59 Å². The number of imide groups is 1. The predicted octanol–water partition coefficient (Wildman–Crippen LogP) is 1.12. The van der Waals surface area contributed by atoms with E-state index in [1.165, 1.54) is 4.90 Å². The second-order valence-corrected chi connectivity index (χ2v) is 7.20. The largest absolute Gasteiger partial charge is 0.354 e. The molecule has 8 nitrogen and oxygen atoms in total. The van der Waals surface area contributed by atoms with Crippen molar-refractivity contribution < 1.29 is 9.59 Å². The summed E-state index contributed by atoms with van der Waals surface area (Å²) in [6.07, 6.45) is 4.23. The summed E-state index contributed by atoms with van der Waals surface area (Å²) >= 11 is 0. The lowest BCUT2D eigenvalue weighted by molar-refractivity contribution is -0.138. The number of aromatic nitrogens is 3. The summed E-state index contributed by atoms with van der Waals surface area (Å²) in [5.41, 5.74) is 1.84. The van der Waals surface area contributed by atoms with Crippen molar-refractivity contribution in [2.75, 3.05) is 44.2 Å². The first-order valence-electron chi connectivity index (χ1n) is 9.67. The molecule has 0 spiro atoms. The second-order valence-electron chi connectivity index (χ2n) is 7.20. The predicted molar refractivity (Wildman–Crippen MR) is 105 cm³/mol. The quantitative estimate of drug-likeness (QED) is 0.719. The Morgan fingerprint density at radius 3 is 2.43 bits per heavy atom. The molecule has 0 N–H and O–H groups in total. The molecule has 0 aromatic carbocycles. The summed E-state index contributed by atoms with van der Waals surface area (Å²) in [6, 6.07) is 5.86. The first-order valence-corrected chi connectivity index (χ1v) is 9.67. The number of rotatable bonds is 5. The van der Waals surface area contributed by atoms with Crippen molar-refractivity contribution in [1.29, 1.82) is 0 Å². The fraction of sp³-hybridized carbons (Fsp3) is 0.450. The zero-order chi connectivity index (χ0) is 19.5. The number of amides is 2. The molecule has 2 aromatic heterocycles. The van der Waals surface area contributed by atoms with Crippen LogP contribution < -0.4 is 4.90 Å². The zero-order valence-electron chi connectivity index (χ0n) is 16.0. The van der Waals surface area contributed by atoms with Crippen LogP contribution in [0.2, 0.25) is 0 Å². The van der Waals surface area contributed by atoms with Gasteiger partial charge >= 0.3 is 0 Å². The minimum absolute atomic E-state index is 0.0389. The first kappa shape index (κ1) is 18.5. The molecule has 2 saturated heterocycles. The van der Waals surface area contributed by atoms with Gasteiger partial charge in [0.25, 0.3) is 0 Å². The Bertz CT molecular complexity index is 848. The fourth-order valence-corrected chi connectivity index (χ4v) is 3.65. The van der Waals surface area contributed by atoms with Gasteiger partial charge in [0.1, 0.15) is 5.82 Å². The van der Waals surface area contributed by atoms with Gasteiger partial charge in [-0.05, 0) is 19.1 Å². The third-order valence-corrected chi connectivity index (χ3v) is 5.25. The van der Waals surface area contributed by atoms with Crippen LogP contribution in [-0.4, -0.2) is 75.8 Å². The number of carbonyl (C=O) groups excluding carboxylic acids is 2. The van der Waals surface area contributed by atoms with E-state index < -0.39 is 0 Å². The molecule has 2 fully saturated rings. The maximum absolute atomic E-state index is 11.7. The van der Waals surface area contributed by atoms with Crippen molar-refractivity contribution in [3.05, 3.63) is 36.3 Å². The van der Waals surface area contributed by atoms with Crippen LogP contribution in [0.25, 0.3) is 11.4 Å². The van der Waals surface area contributed by atoms with Gasteiger partial charge in [-0.3, -0.25) is 24.4 Å². The highest BCUT2D eigenvalue weighted by atomic mass is 16.2. The number of likely N-dealkylation sites (tertiary alicyclic amines) is 1. The monoisotopic (exact) mass is 380 g/mol. The minimum atomic E-state index is -0.0389. The highest BCUT2D eigenvalue weighted by Crippen LogP contribution is 2.20. The zero-order valence-corrected chi connectivity index (χ0v) is 16.0. The Morgan fingerprint density at radius 1 is 1.00 bits per heavy atom. The molecule has 2 amide bonds. The number of hydrogen-bond donors (Lipinski definition) is 0.